The molecule has 0 atom stereocenters. The van der Waals surface area contributed by atoms with Crippen LogP contribution in [0.15, 0.2) is 114 Å². The SMILES string of the molecule is CC1(C)c2ccccc2-c2ccc(N3c4ccc(Br)cc4C(C)(C)c4cc(-c5ccccc5)ccc43)cc21. The van der Waals surface area contributed by atoms with Gasteiger partial charge in [0.05, 0.1) is 11.4 Å². The number of halogens is 1. The summed E-state index contributed by atoms with van der Waals surface area (Å²) in [7, 11) is 0. The summed E-state index contributed by atoms with van der Waals surface area (Å²) in [4.78, 5) is 2.47. The van der Waals surface area contributed by atoms with Crippen LogP contribution in [0.1, 0.15) is 49.9 Å². The predicted octanol–water partition coefficient (Wildman–Crippen LogP) is 10.5. The fourth-order valence-electron chi connectivity index (χ4n) is 6.63. The van der Waals surface area contributed by atoms with Crippen LogP contribution in [0.2, 0.25) is 0 Å². The molecule has 0 N–H and O–H groups in total. The van der Waals surface area contributed by atoms with Crippen LogP contribution in [-0.2, 0) is 10.8 Å². The van der Waals surface area contributed by atoms with Crippen LogP contribution < -0.4 is 4.90 Å². The van der Waals surface area contributed by atoms with E-state index in [1.54, 1.807) is 0 Å². The molecule has 1 heterocycles. The summed E-state index contributed by atoms with van der Waals surface area (Å²) in [6.45, 7) is 9.41. The van der Waals surface area contributed by atoms with E-state index in [1.165, 1.54) is 61.6 Å². The first-order valence-electron chi connectivity index (χ1n) is 13.3. The van der Waals surface area contributed by atoms with E-state index in [-0.39, 0.29) is 10.8 Å². The third-order valence-corrected chi connectivity index (χ3v) is 9.21. The lowest BCUT2D eigenvalue weighted by molar-refractivity contribution is 0.631. The van der Waals surface area contributed by atoms with E-state index in [9.17, 15) is 0 Å². The Morgan fingerprint density at radius 1 is 0.500 bits per heavy atom. The number of nitrogens with zero attached hydrogens (tertiary/aromatic N) is 1. The molecule has 5 aromatic carbocycles. The molecule has 5 aromatic rings. The zero-order valence-corrected chi connectivity index (χ0v) is 23.8. The fourth-order valence-corrected chi connectivity index (χ4v) is 6.99. The molecule has 1 nitrogen and oxygen atoms in total. The Kier molecular flexibility index (Phi) is 5.06. The maximum absolute atomic E-state index is 3.76. The maximum atomic E-state index is 3.76. The van der Waals surface area contributed by atoms with Crippen LogP contribution in [0.3, 0.4) is 0 Å². The second kappa shape index (κ2) is 8.19. The number of hydrogen-bond donors (Lipinski definition) is 0. The second-order valence-corrected chi connectivity index (χ2v) is 12.5. The Labute approximate surface area is 233 Å². The summed E-state index contributed by atoms with van der Waals surface area (Å²) >= 11 is 3.76. The Morgan fingerprint density at radius 3 is 1.92 bits per heavy atom. The van der Waals surface area contributed by atoms with E-state index in [1.807, 2.05) is 0 Å². The standard InChI is InChI=1S/C36H30BrN/c1-35(2)29-13-9-8-12-27(29)28-17-16-26(22-30(28)35)38-33-18-14-24(23-10-6-5-7-11-23)20-31(33)36(3,4)32-21-25(37)15-19-34(32)38/h5-22H,1-4H3. The highest BCUT2D eigenvalue weighted by Crippen LogP contribution is 2.55. The summed E-state index contributed by atoms with van der Waals surface area (Å²) in [6.07, 6.45) is 0. The van der Waals surface area contributed by atoms with Gasteiger partial charge >= 0.3 is 0 Å². The van der Waals surface area contributed by atoms with Crippen molar-refractivity contribution in [2.45, 2.75) is 38.5 Å². The van der Waals surface area contributed by atoms with Crippen molar-refractivity contribution >= 4 is 33.0 Å². The molecule has 0 spiro atoms. The highest BCUT2D eigenvalue weighted by atomic mass is 79.9. The Bertz CT molecular complexity index is 1730. The molecule has 186 valence electrons. The first kappa shape index (κ1) is 23.5. The fraction of sp³-hybridized carbons (Fsp3) is 0.167. The molecule has 0 unspecified atom stereocenters. The zero-order valence-electron chi connectivity index (χ0n) is 22.2. The lowest BCUT2D eigenvalue weighted by atomic mass is 9.72. The molecule has 7 rings (SSSR count). The van der Waals surface area contributed by atoms with Crippen molar-refractivity contribution in [1.82, 2.24) is 0 Å². The Hall–Kier alpha value is -3.62. The molecular formula is C36H30BrN. The van der Waals surface area contributed by atoms with Gasteiger partial charge < -0.3 is 4.90 Å². The first-order valence-corrected chi connectivity index (χ1v) is 14.1. The monoisotopic (exact) mass is 555 g/mol. The lowest BCUT2D eigenvalue weighted by Crippen LogP contribution is -2.31. The molecule has 0 saturated carbocycles. The van der Waals surface area contributed by atoms with Gasteiger partial charge in [-0.1, -0.05) is 110 Å². The van der Waals surface area contributed by atoms with Crippen LogP contribution in [0.4, 0.5) is 17.1 Å². The van der Waals surface area contributed by atoms with Gasteiger partial charge in [-0.2, -0.15) is 0 Å². The van der Waals surface area contributed by atoms with Crippen molar-refractivity contribution in [3.63, 3.8) is 0 Å². The minimum atomic E-state index is -0.151. The van der Waals surface area contributed by atoms with Crippen molar-refractivity contribution < 1.29 is 0 Å². The number of hydrogen-bond acceptors (Lipinski definition) is 1. The maximum Gasteiger partial charge on any atom is 0.0503 e. The van der Waals surface area contributed by atoms with Gasteiger partial charge in [0.15, 0.2) is 0 Å². The summed E-state index contributed by atoms with van der Waals surface area (Å²) in [5, 5.41) is 0. The molecule has 0 fully saturated rings. The smallest absolute Gasteiger partial charge is 0.0503 e. The summed E-state index contributed by atoms with van der Waals surface area (Å²) in [6, 6.07) is 40.3. The van der Waals surface area contributed by atoms with Gasteiger partial charge in [-0.15, -0.1) is 0 Å². The van der Waals surface area contributed by atoms with E-state index >= 15 is 0 Å². The average Bonchev–Trinajstić information content (AvgIpc) is 3.16. The molecule has 2 heteroatoms. The van der Waals surface area contributed by atoms with Crippen molar-refractivity contribution in [2.75, 3.05) is 4.90 Å². The van der Waals surface area contributed by atoms with Gasteiger partial charge in [-0.25, -0.2) is 0 Å². The van der Waals surface area contributed by atoms with Crippen molar-refractivity contribution in [3.8, 4) is 22.3 Å². The van der Waals surface area contributed by atoms with Gasteiger partial charge in [0.2, 0.25) is 0 Å². The van der Waals surface area contributed by atoms with Crippen molar-refractivity contribution in [2.24, 2.45) is 0 Å². The molecule has 0 aromatic heterocycles. The van der Waals surface area contributed by atoms with E-state index in [0.717, 1.165) is 4.47 Å². The Morgan fingerprint density at radius 2 is 1.13 bits per heavy atom. The highest BCUT2D eigenvalue weighted by Gasteiger charge is 2.39. The normalized spacial score (nSPS) is 15.9. The molecule has 0 amide bonds. The molecule has 0 radical (unpaired) electrons. The van der Waals surface area contributed by atoms with E-state index in [4.69, 9.17) is 0 Å². The number of anilines is 3. The topological polar surface area (TPSA) is 3.24 Å². The van der Waals surface area contributed by atoms with Crippen molar-refractivity contribution in [1.29, 1.82) is 0 Å². The molecule has 0 saturated heterocycles. The predicted molar refractivity (Wildman–Crippen MR) is 164 cm³/mol. The number of rotatable bonds is 2. The van der Waals surface area contributed by atoms with Gasteiger partial charge in [0.1, 0.15) is 0 Å². The van der Waals surface area contributed by atoms with Crippen LogP contribution in [0.25, 0.3) is 22.3 Å². The largest absolute Gasteiger partial charge is 0.310 e. The van der Waals surface area contributed by atoms with Crippen LogP contribution in [0, 0.1) is 0 Å². The zero-order chi connectivity index (χ0) is 26.2. The summed E-state index contributed by atoms with van der Waals surface area (Å²) in [5.41, 5.74) is 14.2. The number of fused-ring (bicyclic) bond motifs is 5. The molecule has 38 heavy (non-hydrogen) atoms. The molecule has 1 aliphatic carbocycles. The van der Waals surface area contributed by atoms with Crippen LogP contribution >= 0.6 is 15.9 Å². The molecule has 1 aliphatic heterocycles. The van der Waals surface area contributed by atoms with Crippen molar-refractivity contribution in [3.05, 3.63) is 136 Å². The van der Waals surface area contributed by atoms with Crippen LogP contribution in [-0.4, -0.2) is 0 Å². The van der Waals surface area contributed by atoms with E-state index < -0.39 is 0 Å². The molecular weight excluding hydrogens is 526 g/mol. The average molecular weight is 557 g/mol. The van der Waals surface area contributed by atoms with Gasteiger partial charge in [-0.05, 0) is 87.0 Å². The van der Waals surface area contributed by atoms with Crippen LogP contribution in [0.5, 0.6) is 0 Å². The Balaban J connectivity index is 1.46. The minimum absolute atomic E-state index is 0.0421. The summed E-state index contributed by atoms with van der Waals surface area (Å²) in [5.74, 6) is 0. The first-order chi connectivity index (χ1) is 18.3. The minimum Gasteiger partial charge on any atom is -0.310 e. The van der Waals surface area contributed by atoms with Gasteiger partial charge in [0.25, 0.3) is 0 Å². The third-order valence-electron chi connectivity index (χ3n) is 8.72. The van der Waals surface area contributed by atoms with Gasteiger partial charge in [0, 0.05) is 21.0 Å². The number of benzene rings is 5. The van der Waals surface area contributed by atoms with Gasteiger partial charge in [-0.3, -0.25) is 0 Å². The third kappa shape index (κ3) is 3.29. The second-order valence-electron chi connectivity index (χ2n) is 11.6. The quantitative estimate of drug-likeness (QED) is 0.209. The summed E-state index contributed by atoms with van der Waals surface area (Å²) < 4.78 is 1.11. The molecule has 2 aliphatic rings. The molecule has 0 bridgehead atoms. The highest BCUT2D eigenvalue weighted by molar-refractivity contribution is 9.10. The lowest BCUT2D eigenvalue weighted by Gasteiger charge is -2.42. The van der Waals surface area contributed by atoms with E-state index in [2.05, 4.69) is 158 Å². The van der Waals surface area contributed by atoms with E-state index in [0.29, 0.717) is 0 Å².